The van der Waals surface area contributed by atoms with Crippen LogP contribution in [0, 0.1) is 5.92 Å². The van der Waals surface area contributed by atoms with Crippen LogP contribution >= 0.6 is 0 Å². The third-order valence-electron chi connectivity index (χ3n) is 6.22. The van der Waals surface area contributed by atoms with Crippen molar-refractivity contribution in [2.75, 3.05) is 26.7 Å². The largest absolute Gasteiger partial charge is 0.468 e. The summed E-state index contributed by atoms with van der Waals surface area (Å²) in [7, 11) is -2.09. The van der Waals surface area contributed by atoms with Gasteiger partial charge in [-0.1, -0.05) is 12.1 Å². The molecule has 0 aromatic heterocycles. The monoisotopic (exact) mass is 392 g/mol. The number of hydrogen-bond donors (Lipinski definition) is 1. The Hall–Kier alpha value is -1.44. The van der Waals surface area contributed by atoms with E-state index < -0.39 is 15.4 Å². The van der Waals surface area contributed by atoms with E-state index in [0.717, 1.165) is 43.7 Å². The van der Waals surface area contributed by atoms with Gasteiger partial charge < -0.3 is 10.1 Å². The summed E-state index contributed by atoms with van der Waals surface area (Å²) in [5, 5.41) is 3.58. The number of methoxy groups -OCH3 is 1. The van der Waals surface area contributed by atoms with Crippen molar-refractivity contribution in [1.29, 1.82) is 0 Å². The number of esters is 1. The molecule has 1 heterocycles. The van der Waals surface area contributed by atoms with Gasteiger partial charge in [0.05, 0.1) is 17.4 Å². The molecule has 0 spiro atoms. The predicted molar refractivity (Wildman–Crippen MR) is 102 cm³/mol. The molecule has 0 amide bonds. The first kappa shape index (κ1) is 18.9. The number of ether oxygens (including phenoxy) is 1. The van der Waals surface area contributed by atoms with Gasteiger partial charge >= 0.3 is 5.97 Å². The third-order valence-corrected chi connectivity index (χ3v) is 8.13. The van der Waals surface area contributed by atoms with Crippen molar-refractivity contribution < 1.29 is 17.9 Å². The maximum absolute atomic E-state index is 13.0. The third kappa shape index (κ3) is 3.77. The van der Waals surface area contributed by atoms with E-state index in [-0.39, 0.29) is 5.97 Å². The van der Waals surface area contributed by atoms with Crippen LogP contribution in [0.2, 0.25) is 0 Å². The van der Waals surface area contributed by atoms with E-state index in [1.54, 1.807) is 28.6 Å². The normalized spacial score (nSPS) is 23.1. The van der Waals surface area contributed by atoms with Crippen LogP contribution in [0.4, 0.5) is 0 Å². The van der Waals surface area contributed by atoms with Gasteiger partial charge in [-0.3, -0.25) is 4.79 Å². The fourth-order valence-corrected chi connectivity index (χ4v) is 5.45. The molecule has 0 unspecified atom stereocenters. The van der Waals surface area contributed by atoms with Gasteiger partial charge in [0.25, 0.3) is 0 Å². The van der Waals surface area contributed by atoms with Crippen molar-refractivity contribution >= 4 is 16.0 Å². The van der Waals surface area contributed by atoms with Crippen LogP contribution in [0.25, 0.3) is 0 Å². The van der Waals surface area contributed by atoms with Gasteiger partial charge in [-0.15, -0.1) is 0 Å². The molecule has 2 aliphatic carbocycles. The van der Waals surface area contributed by atoms with Gasteiger partial charge in [-0.2, -0.15) is 4.31 Å². The lowest BCUT2D eigenvalue weighted by Crippen LogP contribution is -2.45. The highest BCUT2D eigenvalue weighted by Gasteiger charge is 2.52. The summed E-state index contributed by atoms with van der Waals surface area (Å²) in [6.07, 6.45) is 5.88. The molecule has 1 aromatic carbocycles. The summed E-state index contributed by atoms with van der Waals surface area (Å²) in [5.41, 5.74) is 0.277. The maximum atomic E-state index is 13.0. The molecule has 6 nitrogen and oxygen atoms in total. The molecule has 148 valence electrons. The number of benzene rings is 1. The molecule has 3 aliphatic rings. The average Bonchev–Trinajstić information content (AvgIpc) is 3.61. The Labute approximate surface area is 161 Å². The number of hydrogen-bond acceptors (Lipinski definition) is 5. The summed E-state index contributed by atoms with van der Waals surface area (Å²) in [6, 6.07) is 7.21. The van der Waals surface area contributed by atoms with Crippen molar-refractivity contribution in [3.63, 3.8) is 0 Å². The molecule has 1 aliphatic heterocycles. The number of carbonyl (C=O) groups excluding carboxylic acids is 1. The molecule has 1 N–H and O–H groups in total. The highest BCUT2D eigenvalue weighted by atomic mass is 32.2. The van der Waals surface area contributed by atoms with Crippen LogP contribution in [-0.2, 0) is 25.0 Å². The first-order valence-electron chi connectivity index (χ1n) is 9.88. The van der Waals surface area contributed by atoms with Crippen molar-refractivity contribution in [3.05, 3.63) is 29.8 Å². The molecular formula is C20H28N2O4S. The molecule has 1 aromatic rings. The maximum Gasteiger partial charge on any atom is 0.316 e. The van der Waals surface area contributed by atoms with Crippen LogP contribution in [0.5, 0.6) is 0 Å². The first-order chi connectivity index (χ1) is 13.0. The summed E-state index contributed by atoms with van der Waals surface area (Å²) in [4.78, 5) is 12.3. The van der Waals surface area contributed by atoms with E-state index in [0.29, 0.717) is 24.0 Å². The van der Waals surface area contributed by atoms with Gasteiger partial charge in [0, 0.05) is 19.1 Å². The lowest BCUT2D eigenvalue weighted by molar-refractivity contribution is -0.143. The van der Waals surface area contributed by atoms with Gasteiger partial charge in [-0.25, -0.2) is 8.42 Å². The quantitative estimate of drug-likeness (QED) is 0.719. The number of nitrogens with one attached hydrogen (secondary N) is 1. The lowest BCUT2D eigenvalue weighted by atomic mass is 9.96. The Morgan fingerprint density at radius 3 is 2.30 bits per heavy atom. The number of rotatable bonds is 7. The van der Waals surface area contributed by atoms with E-state index in [1.165, 1.54) is 20.0 Å². The minimum atomic E-state index is -3.48. The number of nitrogens with zero attached hydrogens (tertiary/aromatic N) is 1. The van der Waals surface area contributed by atoms with E-state index in [2.05, 4.69) is 5.32 Å². The minimum Gasteiger partial charge on any atom is -0.468 e. The summed E-state index contributed by atoms with van der Waals surface area (Å²) < 4.78 is 32.4. The Morgan fingerprint density at radius 2 is 1.78 bits per heavy atom. The molecule has 0 atom stereocenters. The standard InChI is InChI=1S/C20H28N2O4S/c1-26-19(23)20(10-11-20)16-4-6-18(7-5-16)27(24,25)22-12-8-17(9-13-22)21-14-15-2-3-15/h4-7,15,17,21H,2-3,8-14H2,1H3. The topological polar surface area (TPSA) is 75.7 Å². The molecule has 1 saturated heterocycles. The first-order valence-corrected chi connectivity index (χ1v) is 11.3. The van der Waals surface area contributed by atoms with Gasteiger partial charge in [0.15, 0.2) is 0 Å². The molecule has 27 heavy (non-hydrogen) atoms. The van der Waals surface area contributed by atoms with E-state index in [1.807, 2.05) is 0 Å². The van der Waals surface area contributed by atoms with Crippen LogP contribution < -0.4 is 5.32 Å². The molecule has 7 heteroatoms. The number of carbonyl (C=O) groups is 1. The van der Waals surface area contributed by atoms with Crippen LogP contribution in [0.1, 0.15) is 44.1 Å². The van der Waals surface area contributed by atoms with E-state index >= 15 is 0 Å². The van der Waals surface area contributed by atoms with Crippen LogP contribution in [-0.4, -0.2) is 51.5 Å². The molecule has 3 fully saturated rings. The zero-order chi connectivity index (χ0) is 19.1. The van der Waals surface area contributed by atoms with E-state index in [9.17, 15) is 13.2 Å². The fourth-order valence-electron chi connectivity index (χ4n) is 3.98. The summed E-state index contributed by atoms with van der Waals surface area (Å²) in [5.74, 6) is 0.601. The average molecular weight is 393 g/mol. The smallest absolute Gasteiger partial charge is 0.316 e. The lowest BCUT2D eigenvalue weighted by Gasteiger charge is -2.31. The Morgan fingerprint density at radius 1 is 1.15 bits per heavy atom. The second-order valence-corrected chi connectivity index (χ2v) is 10.1. The van der Waals surface area contributed by atoms with Gasteiger partial charge in [0.2, 0.25) is 10.0 Å². The van der Waals surface area contributed by atoms with Crippen LogP contribution in [0.3, 0.4) is 0 Å². The zero-order valence-electron chi connectivity index (χ0n) is 15.8. The van der Waals surface area contributed by atoms with Crippen molar-refractivity contribution in [2.24, 2.45) is 5.92 Å². The summed E-state index contributed by atoms with van der Waals surface area (Å²) in [6.45, 7) is 2.18. The fraction of sp³-hybridized carbons (Fsp3) is 0.650. The molecule has 2 saturated carbocycles. The van der Waals surface area contributed by atoms with Crippen molar-refractivity contribution in [1.82, 2.24) is 9.62 Å². The second-order valence-electron chi connectivity index (χ2n) is 8.13. The molecule has 0 radical (unpaired) electrons. The number of piperidine rings is 1. The van der Waals surface area contributed by atoms with Gasteiger partial charge in [0.1, 0.15) is 0 Å². The zero-order valence-corrected chi connectivity index (χ0v) is 16.6. The highest BCUT2D eigenvalue weighted by molar-refractivity contribution is 7.89. The minimum absolute atomic E-state index is 0.237. The molecule has 4 rings (SSSR count). The van der Waals surface area contributed by atoms with Crippen molar-refractivity contribution in [2.45, 2.75) is 54.9 Å². The van der Waals surface area contributed by atoms with Crippen LogP contribution in [0.15, 0.2) is 29.2 Å². The Bertz CT molecular complexity index is 790. The predicted octanol–water partition coefficient (Wildman–Crippen LogP) is 2.04. The SMILES string of the molecule is COC(=O)C1(c2ccc(S(=O)(=O)N3CCC(NCC4CC4)CC3)cc2)CC1. The highest BCUT2D eigenvalue weighted by Crippen LogP contribution is 2.49. The molecule has 0 bridgehead atoms. The Kier molecular flexibility index (Phi) is 5.03. The van der Waals surface area contributed by atoms with Crippen molar-refractivity contribution in [3.8, 4) is 0 Å². The summed E-state index contributed by atoms with van der Waals surface area (Å²) >= 11 is 0. The Balaban J connectivity index is 1.39. The van der Waals surface area contributed by atoms with Gasteiger partial charge in [-0.05, 0) is 68.7 Å². The molecular weight excluding hydrogens is 364 g/mol. The number of sulfonamides is 1. The second kappa shape index (κ2) is 7.18. The van der Waals surface area contributed by atoms with E-state index in [4.69, 9.17) is 4.74 Å².